The van der Waals surface area contributed by atoms with Crippen molar-refractivity contribution < 1.29 is 0 Å². The Hall–Kier alpha value is -0.670. The lowest BCUT2D eigenvalue weighted by atomic mass is 10.0. The molecule has 0 spiro atoms. The summed E-state index contributed by atoms with van der Waals surface area (Å²) in [6.45, 7) is 6.92. The Kier molecular flexibility index (Phi) is 4.35. The standard InChI is InChI=1S/C14H22N2S/c1-3-4-7-16-8-5-6-13(16)12-10-15-14(17)9-11(12)2/h9-10,13H,3-8H2,1-2H3,(H,15,17)/t13-/m1/s1. The van der Waals surface area contributed by atoms with Crippen LogP contribution >= 0.6 is 12.2 Å². The number of aromatic amines is 1. The van der Waals surface area contributed by atoms with E-state index >= 15 is 0 Å². The number of rotatable bonds is 4. The molecule has 1 atom stereocenters. The number of aromatic nitrogens is 1. The van der Waals surface area contributed by atoms with Gasteiger partial charge in [0, 0.05) is 12.2 Å². The van der Waals surface area contributed by atoms with Gasteiger partial charge in [0.1, 0.15) is 4.64 Å². The van der Waals surface area contributed by atoms with Gasteiger partial charge in [-0.05, 0) is 56.5 Å². The van der Waals surface area contributed by atoms with Crippen LogP contribution < -0.4 is 0 Å². The largest absolute Gasteiger partial charge is 0.353 e. The van der Waals surface area contributed by atoms with E-state index in [-0.39, 0.29) is 0 Å². The van der Waals surface area contributed by atoms with E-state index in [0.717, 1.165) is 4.64 Å². The molecule has 1 saturated heterocycles. The van der Waals surface area contributed by atoms with Crippen molar-refractivity contribution in [3.05, 3.63) is 28.0 Å². The van der Waals surface area contributed by atoms with Gasteiger partial charge < -0.3 is 4.98 Å². The molecule has 17 heavy (non-hydrogen) atoms. The second kappa shape index (κ2) is 5.78. The lowest BCUT2D eigenvalue weighted by Crippen LogP contribution is -2.25. The highest BCUT2D eigenvalue weighted by atomic mass is 32.1. The minimum Gasteiger partial charge on any atom is -0.353 e. The number of unbranched alkanes of at least 4 members (excludes halogenated alkanes) is 1. The highest BCUT2D eigenvalue weighted by Crippen LogP contribution is 2.33. The molecular formula is C14H22N2S. The van der Waals surface area contributed by atoms with Gasteiger partial charge in [-0.3, -0.25) is 4.90 Å². The fraction of sp³-hybridized carbons (Fsp3) is 0.643. The molecule has 2 rings (SSSR count). The fourth-order valence-electron chi connectivity index (χ4n) is 2.75. The average molecular weight is 250 g/mol. The van der Waals surface area contributed by atoms with E-state index in [1.807, 2.05) is 0 Å². The van der Waals surface area contributed by atoms with Gasteiger partial charge in [-0.15, -0.1) is 0 Å². The second-order valence-electron chi connectivity index (χ2n) is 4.98. The zero-order valence-electron chi connectivity index (χ0n) is 10.8. The van der Waals surface area contributed by atoms with E-state index in [2.05, 4.69) is 36.0 Å². The molecule has 3 heteroatoms. The molecule has 1 aliphatic rings. The van der Waals surface area contributed by atoms with E-state index < -0.39 is 0 Å². The van der Waals surface area contributed by atoms with Crippen LogP contribution in [-0.4, -0.2) is 23.0 Å². The zero-order chi connectivity index (χ0) is 12.3. The molecule has 0 radical (unpaired) electrons. The van der Waals surface area contributed by atoms with Gasteiger partial charge in [0.05, 0.1) is 0 Å². The summed E-state index contributed by atoms with van der Waals surface area (Å²) in [6, 6.07) is 2.69. The van der Waals surface area contributed by atoms with Gasteiger partial charge in [-0.2, -0.15) is 0 Å². The first-order valence-electron chi connectivity index (χ1n) is 6.65. The van der Waals surface area contributed by atoms with Crippen molar-refractivity contribution in [3.8, 4) is 0 Å². The smallest absolute Gasteiger partial charge is 0.103 e. The van der Waals surface area contributed by atoms with Crippen LogP contribution in [0.4, 0.5) is 0 Å². The maximum absolute atomic E-state index is 5.16. The lowest BCUT2D eigenvalue weighted by molar-refractivity contribution is 0.252. The minimum atomic E-state index is 0.605. The van der Waals surface area contributed by atoms with Crippen molar-refractivity contribution in [3.63, 3.8) is 0 Å². The summed E-state index contributed by atoms with van der Waals surface area (Å²) < 4.78 is 0.837. The molecule has 1 aliphatic heterocycles. The van der Waals surface area contributed by atoms with Crippen molar-refractivity contribution in [2.24, 2.45) is 0 Å². The molecule has 2 nitrogen and oxygen atoms in total. The average Bonchev–Trinajstić information content (AvgIpc) is 2.74. The highest BCUT2D eigenvalue weighted by Gasteiger charge is 2.26. The third kappa shape index (κ3) is 2.96. The fourth-order valence-corrected chi connectivity index (χ4v) is 2.99. The maximum atomic E-state index is 5.16. The van der Waals surface area contributed by atoms with Crippen LogP contribution in [0.2, 0.25) is 0 Å². The third-order valence-electron chi connectivity index (χ3n) is 3.69. The van der Waals surface area contributed by atoms with Gasteiger partial charge in [0.25, 0.3) is 0 Å². The highest BCUT2D eigenvalue weighted by molar-refractivity contribution is 7.71. The Balaban J connectivity index is 2.17. The number of hydrogen-bond donors (Lipinski definition) is 1. The molecule has 0 aliphatic carbocycles. The van der Waals surface area contributed by atoms with Crippen LogP contribution in [0.3, 0.4) is 0 Å². The summed E-state index contributed by atoms with van der Waals surface area (Å²) >= 11 is 5.16. The van der Waals surface area contributed by atoms with Crippen LogP contribution in [0.1, 0.15) is 49.8 Å². The van der Waals surface area contributed by atoms with Gasteiger partial charge in [-0.25, -0.2) is 0 Å². The molecular weight excluding hydrogens is 228 g/mol. The molecule has 0 bridgehead atoms. The number of H-pyrrole nitrogens is 1. The number of hydrogen-bond acceptors (Lipinski definition) is 2. The van der Waals surface area contributed by atoms with Crippen LogP contribution in [-0.2, 0) is 0 Å². The van der Waals surface area contributed by atoms with E-state index in [9.17, 15) is 0 Å². The zero-order valence-corrected chi connectivity index (χ0v) is 11.6. The molecule has 0 saturated carbocycles. The quantitative estimate of drug-likeness (QED) is 0.815. The van der Waals surface area contributed by atoms with E-state index in [0.29, 0.717) is 6.04 Å². The topological polar surface area (TPSA) is 19.0 Å². The van der Waals surface area contributed by atoms with Crippen molar-refractivity contribution in [2.75, 3.05) is 13.1 Å². The monoisotopic (exact) mass is 250 g/mol. The Morgan fingerprint density at radius 1 is 1.53 bits per heavy atom. The van der Waals surface area contributed by atoms with Gasteiger partial charge >= 0.3 is 0 Å². The first-order chi connectivity index (χ1) is 8.22. The number of nitrogens with zero attached hydrogens (tertiary/aromatic N) is 1. The van der Waals surface area contributed by atoms with E-state index in [4.69, 9.17) is 12.2 Å². The molecule has 1 fully saturated rings. The second-order valence-corrected chi connectivity index (χ2v) is 5.42. The summed E-state index contributed by atoms with van der Waals surface area (Å²) in [6.07, 6.45) is 7.31. The molecule has 0 aromatic carbocycles. The molecule has 1 N–H and O–H groups in total. The lowest BCUT2D eigenvalue weighted by Gasteiger charge is -2.25. The molecule has 94 valence electrons. The molecule has 1 aromatic heterocycles. The summed E-state index contributed by atoms with van der Waals surface area (Å²) in [7, 11) is 0. The summed E-state index contributed by atoms with van der Waals surface area (Å²) in [4.78, 5) is 5.81. The Morgan fingerprint density at radius 3 is 3.06 bits per heavy atom. The predicted octanol–water partition coefficient (Wildman–Crippen LogP) is 3.99. The number of nitrogens with one attached hydrogen (secondary N) is 1. The molecule has 2 heterocycles. The maximum Gasteiger partial charge on any atom is 0.103 e. The van der Waals surface area contributed by atoms with Crippen LogP contribution in [0.5, 0.6) is 0 Å². The SMILES string of the molecule is CCCCN1CCC[C@@H]1c1c[nH]c(=S)cc1C. The van der Waals surface area contributed by atoms with Crippen LogP contribution in [0, 0.1) is 11.6 Å². The van der Waals surface area contributed by atoms with Gasteiger partial charge in [-0.1, -0.05) is 25.6 Å². The first-order valence-corrected chi connectivity index (χ1v) is 7.06. The van der Waals surface area contributed by atoms with E-state index in [1.54, 1.807) is 0 Å². The molecule has 0 amide bonds. The van der Waals surface area contributed by atoms with Crippen molar-refractivity contribution in [1.82, 2.24) is 9.88 Å². The van der Waals surface area contributed by atoms with E-state index in [1.165, 1.54) is 49.9 Å². The Labute approximate surface area is 109 Å². The van der Waals surface area contributed by atoms with Crippen LogP contribution in [0.25, 0.3) is 0 Å². The normalized spacial score (nSPS) is 20.9. The first kappa shape index (κ1) is 12.8. The molecule has 0 unspecified atom stereocenters. The van der Waals surface area contributed by atoms with Crippen molar-refractivity contribution in [1.29, 1.82) is 0 Å². The third-order valence-corrected chi connectivity index (χ3v) is 3.93. The number of likely N-dealkylation sites (tertiary alicyclic amines) is 1. The Bertz CT molecular complexity index is 424. The predicted molar refractivity (Wildman–Crippen MR) is 74.8 cm³/mol. The Morgan fingerprint density at radius 2 is 2.35 bits per heavy atom. The van der Waals surface area contributed by atoms with Crippen molar-refractivity contribution >= 4 is 12.2 Å². The minimum absolute atomic E-state index is 0.605. The molecule has 1 aromatic rings. The number of aryl methyl sites for hydroxylation is 1. The van der Waals surface area contributed by atoms with Crippen molar-refractivity contribution in [2.45, 2.75) is 45.6 Å². The summed E-state index contributed by atoms with van der Waals surface area (Å²) in [5, 5.41) is 0. The van der Waals surface area contributed by atoms with Gasteiger partial charge in [0.2, 0.25) is 0 Å². The summed E-state index contributed by atoms with van der Waals surface area (Å²) in [5.41, 5.74) is 2.77. The number of pyridine rings is 1. The summed E-state index contributed by atoms with van der Waals surface area (Å²) in [5.74, 6) is 0. The van der Waals surface area contributed by atoms with Crippen LogP contribution in [0.15, 0.2) is 12.3 Å². The van der Waals surface area contributed by atoms with Gasteiger partial charge in [0.15, 0.2) is 0 Å².